The van der Waals surface area contributed by atoms with Crippen LogP contribution in [0.5, 0.6) is 11.5 Å². The molecule has 7 heteroatoms. The third kappa shape index (κ3) is 4.30. The molecule has 0 saturated heterocycles. The predicted octanol–water partition coefficient (Wildman–Crippen LogP) is 3.44. The lowest BCUT2D eigenvalue weighted by Crippen LogP contribution is -2.21. The average Bonchev–Trinajstić information content (AvgIpc) is 3.25. The second kappa shape index (κ2) is 8.48. The lowest BCUT2D eigenvalue weighted by Gasteiger charge is -2.08. The van der Waals surface area contributed by atoms with E-state index < -0.39 is 18.5 Å². The van der Waals surface area contributed by atoms with Crippen molar-refractivity contribution in [3.63, 3.8) is 0 Å². The van der Waals surface area contributed by atoms with E-state index in [1.807, 2.05) is 6.07 Å². The fourth-order valence-corrected chi connectivity index (χ4v) is 2.90. The van der Waals surface area contributed by atoms with E-state index in [-0.39, 0.29) is 18.1 Å². The summed E-state index contributed by atoms with van der Waals surface area (Å²) in [4.78, 5) is 36.6. The molecule has 1 aliphatic heterocycles. The number of nitrogens with one attached hydrogen (secondary N) is 1. The van der Waals surface area contributed by atoms with Crippen molar-refractivity contribution in [2.45, 2.75) is 0 Å². The maximum absolute atomic E-state index is 12.4. The minimum Gasteiger partial charge on any atom is -0.454 e. The fourth-order valence-electron chi connectivity index (χ4n) is 2.90. The zero-order valence-corrected chi connectivity index (χ0v) is 15.8. The van der Waals surface area contributed by atoms with Gasteiger partial charge in [-0.15, -0.1) is 0 Å². The quantitative estimate of drug-likeness (QED) is 0.501. The molecule has 0 radical (unpaired) electrons. The number of ketones is 1. The number of hydrogen-bond acceptors (Lipinski definition) is 6. The molecule has 150 valence electrons. The lowest BCUT2D eigenvalue weighted by molar-refractivity contribution is -0.119. The van der Waals surface area contributed by atoms with Gasteiger partial charge in [0.1, 0.15) is 0 Å². The highest BCUT2D eigenvalue weighted by Crippen LogP contribution is 2.34. The van der Waals surface area contributed by atoms with Crippen LogP contribution < -0.4 is 14.8 Å². The van der Waals surface area contributed by atoms with Crippen LogP contribution in [0.25, 0.3) is 0 Å². The van der Waals surface area contributed by atoms with Crippen LogP contribution in [0.3, 0.4) is 0 Å². The molecule has 0 atom stereocenters. The molecule has 3 aromatic rings. The van der Waals surface area contributed by atoms with E-state index in [1.54, 1.807) is 54.6 Å². The summed E-state index contributed by atoms with van der Waals surface area (Å²) in [6.07, 6.45) is 0. The Morgan fingerprint density at radius 2 is 1.47 bits per heavy atom. The number of fused-ring (bicyclic) bond motifs is 1. The van der Waals surface area contributed by atoms with Crippen molar-refractivity contribution in [1.29, 1.82) is 0 Å². The van der Waals surface area contributed by atoms with Gasteiger partial charge >= 0.3 is 5.97 Å². The smallest absolute Gasteiger partial charge is 0.338 e. The van der Waals surface area contributed by atoms with Crippen LogP contribution in [-0.2, 0) is 9.53 Å². The molecule has 1 amide bonds. The molecule has 30 heavy (non-hydrogen) atoms. The van der Waals surface area contributed by atoms with Crippen LogP contribution >= 0.6 is 0 Å². The third-order valence-corrected chi connectivity index (χ3v) is 4.41. The van der Waals surface area contributed by atoms with Crippen LogP contribution in [-0.4, -0.2) is 31.1 Å². The lowest BCUT2D eigenvalue weighted by atomic mass is 10.0. The number of benzene rings is 3. The van der Waals surface area contributed by atoms with Gasteiger partial charge in [0.05, 0.1) is 5.56 Å². The van der Waals surface area contributed by atoms with Crippen molar-refractivity contribution in [2.24, 2.45) is 0 Å². The summed E-state index contributed by atoms with van der Waals surface area (Å²) < 4.78 is 15.5. The summed E-state index contributed by atoms with van der Waals surface area (Å²) in [6, 6.07) is 19.9. The monoisotopic (exact) mass is 403 g/mol. The molecular formula is C23H17NO6. The van der Waals surface area contributed by atoms with Crippen LogP contribution in [0.2, 0.25) is 0 Å². The summed E-state index contributed by atoms with van der Waals surface area (Å²) in [6.45, 7) is -0.307. The van der Waals surface area contributed by atoms with Crippen molar-refractivity contribution < 1.29 is 28.6 Å². The van der Waals surface area contributed by atoms with Gasteiger partial charge in [-0.3, -0.25) is 9.59 Å². The molecule has 4 rings (SSSR count). The highest BCUT2D eigenvalue weighted by molar-refractivity contribution is 6.09. The topological polar surface area (TPSA) is 90.9 Å². The average molecular weight is 403 g/mol. The summed E-state index contributed by atoms with van der Waals surface area (Å²) >= 11 is 0. The number of carbonyl (C=O) groups excluding carboxylic acids is 3. The van der Waals surface area contributed by atoms with Gasteiger partial charge in [0.25, 0.3) is 5.91 Å². The van der Waals surface area contributed by atoms with E-state index in [1.165, 1.54) is 12.1 Å². The normalized spacial score (nSPS) is 11.6. The molecular weight excluding hydrogens is 386 g/mol. The predicted molar refractivity (Wildman–Crippen MR) is 108 cm³/mol. The minimum absolute atomic E-state index is 0.139. The standard InChI is InChI=1S/C23H17NO6/c25-21(24-18-10-11-19-20(12-18)30-14-29-19)13-28-23(27)17-8-6-16(7-9-17)22(26)15-4-2-1-3-5-15/h1-12H,13-14H2,(H,24,25). The van der Waals surface area contributed by atoms with Gasteiger partial charge in [-0.1, -0.05) is 42.5 Å². The second-order valence-corrected chi connectivity index (χ2v) is 6.46. The number of carbonyl (C=O) groups is 3. The third-order valence-electron chi connectivity index (χ3n) is 4.41. The van der Waals surface area contributed by atoms with Crippen LogP contribution in [0, 0.1) is 0 Å². The zero-order valence-electron chi connectivity index (χ0n) is 15.8. The highest BCUT2D eigenvalue weighted by Gasteiger charge is 2.16. The van der Waals surface area contributed by atoms with E-state index in [0.717, 1.165) is 0 Å². The van der Waals surface area contributed by atoms with Gasteiger partial charge in [0.15, 0.2) is 23.9 Å². The van der Waals surface area contributed by atoms with Crippen molar-refractivity contribution >= 4 is 23.3 Å². The molecule has 3 aromatic carbocycles. The molecule has 1 N–H and O–H groups in total. The molecule has 0 saturated carbocycles. The van der Waals surface area contributed by atoms with Crippen molar-refractivity contribution in [2.75, 3.05) is 18.7 Å². The summed E-state index contributed by atoms with van der Waals surface area (Å²) in [5, 5.41) is 2.62. The van der Waals surface area contributed by atoms with Gasteiger partial charge in [0, 0.05) is 22.9 Å². The van der Waals surface area contributed by atoms with Crippen LogP contribution in [0.15, 0.2) is 72.8 Å². The minimum atomic E-state index is -0.658. The summed E-state index contributed by atoms with van der Waals surface area (Å²) in [5.41, 5.74) is 1.77. The van der Waals surface area contributed by atoms with Crippen molar-refractivity contribution in [1.82, 2.24) is 0 Å². The number of esters is 1. The molecule has 0 unspecified atom stereocenters. The largest absolute Gasteiger partial charge is 0.454 e. The Morgan fingerprint density at radius 3 is 2.23 bits per heavy atom. The first-order chi connectivity index (χ1) is 14.6. The SMILES string of the molecule is O=C(COC(=O)c1ccc(C(=O)c2ccccc2)cc1)Nc1ccc2c(c1)OCO2. The Hall–Kier alpha value is -4.13. The van der Waals surface area contributed by atoms with Crippen molar-refractivity contribution in [3.05, 3.63) is 89.5 Å². The molecule has 7 nitrogen and oxygen atoms in total. The van der Waals surface area contributed by atoms with E-state index in [2.05, 4.69) is 5.32 Å². The maximum Gasteiger partial charge on any atom is 0.338 e. The molecule has 1 heterocycles. The molecule has 1 aliphatic rings. The Balaban J connectivity index is 1.31. The Labute approximate surface area is 172 Å². The Kier molecular flexibility index (Phi) is 5.43. The second-order valence-electron chi connectivity index (χ2n) is 6.46. The zero-order chi connectivity index (χ0) is 20.9. The Morgan fingerprint density at radius 1 is 0.800 bits per heavy atom. The van der Waals surface area contributed by atoms with E-state index in [9.17, 15) is 14.4 Å². The Bertz CT molecular complexity index is 1090. The highest BCUT2D eigenvalue weighted by atomic mass is 16.7. The van der Waals surface area contributed by atoms with Gasteiger partial charge in [-0.2, -0.15) is 0 Å². The first kappa shape index (κ1) is 19.2. The van der Waals surface area contributed by atoms with Gasteiger partial charge < -0.3 is 19.5 Å². The van der Waals surface area contributed by atoms with Gasteiger partial charge in [0.2, 0.25) is 6.79 Å². The molecule has 0 aromatic heterocycles. The number of rotatable bonds is 6. The molecule has 0 fully saturated rings. The van der Waals surface area contributed by atoms with Crippen LogP contribution in [0.1, 0.15) is 26.3 Å². The van der Waals surface area contributed by atoms with Crippen LogP contribution in [0.4, 0.5) is 5.69 Å². The first-order valence-corrected chi connectivity index (χ1v) is 9.16. The van der Waals surface area contributed by atoms with Crippen molar-refractivity contribution in [3.8, 4) is 11.5 Å². The van der Waals surface area contributed by atoms with E-state index in [0.29, 0.717) is 28.3 Å². The van der Waals surface area contributed by atoms with Gasteiger partial charge in [-0.05, 0) is 24.3 Å². The molecule has 0 spiro atoms. The summed E-state index contributed by atoms with van der Waals surface area (Å²) in [5.74, 6) is -0.144. The number of anilines is 1. The molecule has 0 aliphatic carbocycles. The maximum atomic E-state index is 12.4. The number of hydrogen-bond donors (Lipinski definition) is 1. The molecule has 0 bridgehead atoms. The first-order valence-electron chi connectivity index (χ1n) is 9.16. The fraction of sp³-hybridized carbons (Fsp3) is 0.0870. The number of ether oxygens (including phenoxy) is 3. The summed E-state index contributed by atoms with van der Waals surface area (Å²) in [7, 11) is 0. The van der Waals surface area contributed by atoms with E-state index in [4.69, 9.17) is 14.2 Å². The van der Waals surface area contributed by atoms with E-state index >= 15 is 0 Å². The van der Waals surface area contributed by atoms with Gasteiger partial charge in [-0.25, -0.2) is 4.79 Å². The number of amides is 1.